The minimum Gasteiger partial charge on any atom is -0.321 e. The average Bonchev–Trinajstić information content (AvgIpc) is 2.54. The Kier molecular flexibility index (Phi) is 4.20. The van der Waals surface area contributed by atoms with Gasteiger partial charge in [0, 0.05) is 24.8 Å². The van der Waals surface area contributed by atoms with E-state index in [0.717, 1.165) is 11.1 Å². The van der Waals surface area contributed by atoms with Crippen molar-refractivity contribution in [2.75, 3.05) is 18.1 Å². The Morgan fingerprint density at radius 1 is 1.25 bits per heavy atom. The molecule has 9 heteroatoms. The van der Waals surface area contributed by atoms with E-state index in [1.165, 1.54) is 22.7 Å². The van der Waals surface area contributed by atoms with Crippen molar-refractivity contribution in [3.63, 3.8) is 0 Å². The molecular weight excluding hydrogens is 332 g/mol. The SMILES string of the molecule is CS(=O)(=O)N1CCc2ccc(NC(=O)c3ccc(=O)[nH]n3)cc2C1. The number of hydrogen-bond acceptors (Lipinski definition) is 5. The van der Waals surface area contributed by atoms with Gasteiger partial charge in [-0.1, -0.05) is 6.07 Å². The zero-order valence-corrected chi connectivity index (χ0v) is 13.8. The van der Waals surface area contributed by atoms with Crippen molar-refractivity contribution in [1.82, 2.24) is 14.5 Å². The van der Waals surface area contributed by atoms with Gasteiger partial charge in [-0.25, -0.2) is 13.5 Å². The van der Waals surface area contributed by atoms with Crippen molar-refractivity contribution < 1.29 is 13.2 Å². The molecule has 3 rings (SSSR count). The number of benzene rings is 1. The van der Waals surface area contributed by atoms with Gasteiger partial charge < -0.3 is 5.32 Å². The summed E-state index contributed by atoms with van der Waals surface area (Å²) >= 11 is 0. The van der Waals surface area contributed by atoms with Gasteiger partial charge in [0.25, 0.3) is 11.5 Å². The summed E-state index contributed by atoms with van der Waals surface area (Å²) in [5.74, 6) is -0.457. The number of nitrogens with one attached hydrogen (secondary N) is 2. The number of amides is 1. The number of H-pyrrole nitrogens is 1. The number of carbonyl (C=O) groups excluding carboxylic acids is 1. The summed E-state index contributed by atoms with van der Waals surface area (Å²) in [5, 5.41) is 8.56. The summed E-state index contributed by atoms with van der Waals surface area (Å²) in [4.78, 5) is 23.1. The summed E-state index contributed by atoms with van der Waals surface area (Å²) in [7, 11) is -3.25. The lowest BCUT2D eigenvalue weighted by molar-refractivity contribution is 0.102. The van der Waals surface area contributed by atoms with E-state index in [-0.39, 0.29) is 17.8 Å². The first-order valence-electron chi connectivity index (χ1n) is 7.27. The number of aromatic amines is 1. The molecule has 0 aliphatic carbocycles. The van der Waals surface area contributed by atoms with Gasteiger partial charge in [0.15, 0.2) is 0 Å². The van der Waals surface area contributed by atoms with Crippen molar-refractivity contribution in [3.05, 3.63) is 57.5 Å². The monoisotopic (exact) mass is 348 g/mol. The fraction of sp³-hybridized carbons (Fsp3) is 0.267. The van der Waals surface area contributed by atoms with E-state index < -0.39 is 15.9 Å². The minimum atomic E-state index is -3.25. The molecule has 2 heterocycles. The molecule has 1 aliphatic heterocycles. The van der Waals surface area contributed by atoms with E-state index in [0.29, 0.717) is 18.7 Å². The molecule has 0 radical (unpaired) electrons. The smallest absolute Gasteiger partial charge is 0.276 e. The van der Waals surface area contributed by atoms with Crippen LogP contribution in [0.3, 0.4) is 0 Å². The maximum Gasteiger partial charge on any atom is 0.276 e. The van der Waals surface area contributed by atoms with Gasteiger partial charge >= 0.3 is 0 Å². The van der Waals surface area contributed by atoms with E-state index in [9.17, 15) is 18.0 Å². The quantitative estimate of drug-likeness (QED) is 0.831. The summed E-state index contributed by atoms with van der Waals surface area (Å²) in [5.41, 5.74) is 2.17. The highest BCUT2D eigenvalue weighted by molar-refractivity contribution is 7.88. The molecule has 2 aromatic rings. The maximum atomic E-state index is 12.1. The lowest BCUT2D eigenvalue weighted by Crippen LogP contribution is -2.35. The van der Waals surface area contributed by atoms with Crippen LogP contribution in [0.5, 0.6) is 0 Å². The predicted octanol–water partition coefficient (Wildman–Crippen LogP) is 0.340. The molecule has 0 spiro atoms. The van der Waals surface area contributed by atoms with E-state index in [1.807, 2.05) is 6.07 Å². The lowest BCUT2D eigenvalue weighted by atomic mass is 10.0. The van der Waals surface area contributed by atoms with Crippen LogP contribution in [0.25, 0.3) is 0 Å². The number of nitrogens with zero attached hydrogens (tertiary/aromatic N) is 2. The molecule has 1 aliphatic rings. The van der Waals surface area contributed by atoms with Crippen molar-refractivity contribution in [1.29, 1.82) is 0 Å². The van der Waals surface area contributed by atoms with Crippen LogP contribution >= 0.6 is 0 Å². The van der Waals surface area contributed by atoms with E-state index >= 15 is 0 Å². The van der Waals surface area contributed by atoms with Crippen LogP contribution in [-0.4, -0.2) is 41.6 Å². The highest BCUT2D eigenvalue weighted by atomic mass is 32.2. The van der Waals surface area contributed by atoms with Crippen LogP contribution in [0.1, 0.15) is 21.6 Å². The van der Waals surface area contributed by atoms with Crippen LogP contribution < -0.4 is 10.9 Å². The third-order valence-electron chi connectivity index (χ3n) is 3.82. The normalized spacial score (nSPS) is 14.9. The van der Waals surface area contributed by atoms with Gasteiger partial charge in [-0.15, -0.1) is 0 Å². The largest absolute Gasteiger partial charge is 0.321 e. The third kappa shape index (κ3) is 3.52. The standard InChI is InChI=1S/C15H16N4O4S/c1-24(22,23)19-7-6-10-2-3-12(8-11(10)9-19)16-15(21)13-4-5-14(20)18-17-13/h2-5,8H,6-7,9H2,1H3,(H,16,21)(H,18,20). The Morgan fingerprint density at radius 2 is 2.04 bits per heavy atom. The Balaban J connectivity index is 1.80. The van der Waals surface area contributed by atoms with Crippen molar-refractivity contribution in [3.8, 4) is 0 Å². The number of carbonyl (C=O) groups is 1. The van der Waals surface area contributed by atoms with Crippen LogP contribution in [0.15, 0.2) is 35.1 Å². The molecule has 0 saturated carbocycles. The fourth-order valence-corrected chi connectivity index (χ4v) is 3.35. The second-order valence-electron chi connectivity index (χ2n) is 5.59. The molecule has 1 aromatic heterocycles. The van der Waals surface area contributed by atoms with Gasteiger partial charge in [-0.3, -0.25) is 9.59 Å². The van der Waals surface area contributed by atoms with Crippen molar-refractivity contribution in [2.45, 2.75) is 13.0 Å². The first-order valence-corrected chi connectivity index (χ1v) is 9.12. The van der Waals surface area contributed by atoms with Gasteiger partial charge in [0.1, 0.15) is 5.69 Å². The number of anilines is 1. The summed E-state index contributed by atoms with van der Waals surface area (Å²) < 4.78 is 24.8. The predicted molar refractivity (Wildman–Crippen MR) is 88.2 cm³/mol. The van der Waals surface area contributed by atoms with Gasteiger partial charge in [-0.05, 0) is 35.7 Å². The molecule has 0 saturated heterocycles. The van der Waals surface area contributed by atoms with E-state index in [2.05, 4.69) is 15.5 Å². The Hall–Kier alpha value is -2.52. The van der Waals surface area contributed by atoms with Gasteiger partial charge in [-0.2, -0.15) is 9.40 Å². The Labute approximate surface area is 138 Å². The molecule has 1 aromatic carbocycles. The molecule has 0 atom stereocenters. The molecule has 0 unspecified atom stereocenters. The van der Waals surface area contributed by atoms with E-state index in [1.54, 1.807) is 12.1 Å². The number of aromatic nitrogens is 2. The second kappa shape index (κ2) is 6.17. The first kappa shape index (κ1) is 16.3. The minimum absolute atomic E-state index is 0.0880. The van der Waals surface area contributed by atoms with Crippen LogP contribution in [0.2, 0.25) is 0 Å². The first-order chi connectivity index (χ1) is 11.3. The molecule has 0 fully saturated rings. The fourth-order valence-electron chi connectivity index (χ4n) is 2.56. The molecule has 8 nitrogen and oxygen atoms in total. The molecular formula is C15H16N4O4S. The molecule has 24 heavy (non-hydrogen) atoms. The van der Waals surface area contributed by atoms with Crippen molar-refractivity contribution in [2.24, 2.45) is 0 Å². The van der Waals surface area contributed by atoms with Crippen molar-refractivity contribution >= 4 is 21.6 Å². The zero-order valence-electron chi connectivity index (χ0n) is 12.9. The number of rotatable bonds is 3. The maximum absolute atomic E-state index is 12.1. The van der Waals surface area contributed by atoms with Gasteiger partial charge in [0.05, 0.1) is 6.26 Å². The summed E-state index contributed by atoms with van der Waals surface area (Å²) in [6.07, 6.45) is 1.82. The highest BCUT2D eigenvalue weighted by Gasteiger charge is 2.23. The Morgan fingerprint density at radius 3 is 2.71 bits per heavy atom. The molecule has 1 amide bonds. The topological polar surface area (TPSA) is 112 Å². The van der Waals surface area contributed by atoms with Crippen LogP contribution in [-0.2, 0) is 23.0 Å². The Bertz CT molecular complexity index is 932. The molecule has 0 bridgehead atoms. The highest BCUT2D eigenvalue weighted by Crippen LogP contribution is 2.24. The van der Waals surface area contributed by atoms with E-state index in [4.69, 9.17) is 0 Å². The van der Waals surface area contributed by atoms with Crippen LogP contribution in [0, 0.1) is 0 Å². The third-order valence-corrected chi connectivity index (χ3v) is 5.07. The number of hydrogen-bond donors (Lipinski definition) is 2. The molecule has 126 valence electrons. The summed E-state index contributed by atoms with van der Waals surface area (Å²) in [6.45, 7) is 0.744. The number of fused-ring (bicyclic) bond motifs is 1. The number of sulfonamides is 1. The lowest BCUT2D eigenvalue weighted by Gasteiger charge is -2.27. The van der Waals surface area contributed by atoms with Crippen LogP contribution in [0.4, 0.5) is 5.69 Å². The van der Waals surface area contributed by atoms with Gasteiger partial charge in [0.2, 0.25) is 10.0 Å². The molecule has 2 N–H and O–H groups in total. The average molecular weight is 348 g/mol. The summed E-state index contributed by atoms with van der Waals surface area (Å²) in [6, 6.07) is 7.95. The zero-order chi connectivity index (χ0) is 17.3. The second-order valence-corrected chi connectivity index (χ2v) is 7.57.